The van der Waals surface area contributed by atoms with Gasteiger partial charge in [0.15, 0.2) is 5.75 Å². The highest BCUT2D eigenvalue weighted by molar-refractivity contribution is 6.03. The molecule has 5 rings (SSSR count). The van der Waals surface area contributed by atoms with Gasteiger partial charge in [0.05, 0.1) is 16.3 Å². The Labute approximate surface area is 159 Å². The van der Waals surface area contributed by atoms with Gasteiger partial charge in [-0.1, -0.05) is 39.0 Å². The Bertz CT molecular complexity index is 1230. The Kier molecular flexibility index (Phi) is 3.24. The monoisotopic (exact) mass is 358 g/mol. The molecule has 3 heterocycles. The third-order valence-electron chi connectivity index (χ3n) is 5.49. The zero-order chi connectivity index (χ0) is 18.9. The molecule has 0 fully saturated rings. The molecule has 0 spiro atoms. The maximum atomic E-state index is 6.50. The van der Waals surface area contributed by atoms with Crippen LogP contribution in [0, 0.1) is 12.3 Å². The fourth-order valence-electron chi connectivity index (χ4n) is 4.35. The molecule has 2 aromatic carbocycles. The standard InChI is InChI=1S/C24H24NO2/c1-14-10-11-18-21-19(13-26-18)27-23-16(12-24(2,3)4)15-8-6-7-9-17(15)25(5)22(23)20(14)21/h6-11,13H,12H2,1-5H3/q+1. The van der Waals surface area contributed by atoms with E-state index in [0.717, 1.165) is 34.6 Å². The number of hydrogen-bond donors (Lipinski definition) is 0. The molecule has 136 valence electrons. The van der Waals surface area contributed by atoms with E-state index in [1.54, 1.807) is 6.26 Å². The molecular weight excluding hydrogens is 334 g/mol. The Hall–Kier alpha value is -2.81. The Balaban J connectivity index is 1.97. The van der Waals surface area contributed by atoms with Crippen molar-refractivity contribution in [2.24, 2.45) is 12.5 Å². The van der Waals surface area contributed by atoms with Crippen LogP contribution >= 0.6 is 0 Å². The van der Waals surface area contributed by atoms with E-state index >= 15 is 0 Å². The van der Waals surface area contributed by atoms with Gasteiger partial charge in [-0.05, 0) is 36.5 Å². The molecule has 27 heavy (non-hydrogen) atoms. The first-order valence-electron chi connectivity index (χ1n) is 9.48. The normalized spacial score (nSPS) is 13.1. The maximum Gasteiger partial charge on any atom is 0.257 e. The Morgan fingerprint density at radius 3 is 2.59 bits per heavy atom. The van der Waals surface area contributed by atoms with E-state index in [2.05, 4.69) is 69.6 Å². The summed E-state index contributed by atoms with van der Waals surface area (Å²) in [6.07, 6.45) is 2.69. The molecule has 0 bridgehead atoms. The third-order valence-corrected chi connectivity index (χ3v) is 5.49. The van der Waals surface area contributed by atoms with E-state index in [1.165, 1.54) is 27.6 Å². The van der Waals surface area contributed by atoms with Gasteiger partial charge in [-0.25, -0.2) is 0 Å². The minimum Gasteiger partial charge on any atom is -0.460 e. The second kappa shape index (κ2) is 5.35. The summed E-state index contributed by atoms with van der Waals surface area (Å²) in [5.74, 6) is 1.79. The number of pyridine rings is 1. The molecule has 0 saturated heterocycles. The summed E-state index contributed by atoms with van der Waals surface area (Å²) in [5.41, 5.74) is 7.13. The molecule has 0 N–H and O–H groups in total. The van der Waals surface area contributed by atoms with E-state index in [-0.39, 0.29) is 5.41 Å². The number of para-hydroxylation sites is 1. The molecule has 3 nitrogen and oxygen atoms in total. The molecule has 0 amide bonds. The van der Waals surface area contributed by atoms with Crippen molar-refractivity contribution in [3.8, 4) is 22.8 Å². The van der Waals surface area contributed by atoms with Crippen LogP contribution in [-0.4, -0.2) is 0 Å². The van der Waals surface area contributed by atoms with Crippen molar-refractivity contribution < 1.29 is 13.7 Å². The van der Waals surface area contributed by atoms with E-state index in [0.29, 0.717) is 0 Å². The molecular formula is C24H24NO2+. The van der Waals surface area contributed by atoms with E-state index in [1.807, 2.05) is 6.07 Å². The van der Waals surface area contributed by atoms with Crippen LogP contribution in [0.1, 0.15) is 31.9 Å². The molecule has 0 radical (unpaired) electrons. The topological polar surface area (TPSA) is 26.2 Å². The molecule has 2 aromatic heterocycles. The SMILES string of the molecule is Cc1ccc2occ3c2c1-c1c(c(CC(C)(C)C)c2ccccc2[n+]1C)O3. The van der Waals surface area contributed by atoms with Gasteiger partial charge in [0.25, 0.3) is 5.69 Å². The molecule has 1 aliphatic rings. The number of aryl methyl sites for hydroxylation is 2. The van der Waals surface area contributed by atoms with Crippen molar-refractivity contribution in [2.75, 3.05) is 0 Å². The summed E-state index contributed by atoms with van der Waals surface area (Å²) in [7, 11) is 2.13. The van der Waals surface area contributed by atoms with Crippen LogP contribution in [0.3, 0.4) is 0 Å². The number of nitrogens with zero attached hydrogens (tertiary/aromatic N) is 1. The lowest BCUT2D eigenvalue weighted by Gasteiger charge is -2.25. The average molecular weight is 358 g/mol. The number of benzene rings is 2. The van der Waals surface area contributed by atoms with Crippen LogP contribution in [0.4, 0.5) is 0 Å². The molecule has 4 aromatic rings. The third kappa shape index (κ3) is 2.31. The van der Waals surface area contributed by atoms with E-state index in [4.69, 9.17) is 9.15 Å². The van der Waals surface area contributed by atoms with Gasteiger partial charge in [0.1, 0.15) is 18.9 Å². The molecule has 3 heteroatoms. The Morgan fingerprint density at radius 1 is 1.04 bits per heavy atom. The lowest BCUT2D eigenvalue weighted by atomic mass is 9.84. The summed E-state index contributed by atoms with van der Waals surface area (Å²) in [4.78, 5) is 0. The van der Waals surface area contributed by atoms with Crippen molar-refractivity contribution in [3.05, 3.63) is 53.8 Å². The number of furan rings is 1. The van der Waals surface area contributed by atoms with Gasteiger partial charge in [-0.2, -0.15) is 4.57 Å². The van der Waals surface area contributed by atoms with Crippen molar-refractivity contribution in [1.29, 1.82) is 0 Å². The van der Waals surface area contributed by atoms with Gasteiger partial charge in [0.2, 0.25) is 11.3 Å². The zero-order valence-electron chi connectivity index (χ0n) is 16.5. The minimum atomic E-state index is 0.150. The van der Waals surface area contributed by atoms with Crippen LogP contribution < -0.4 is 9.30 Å². The van der Waals surface area contributed by atoms with Gasteiger partial charge in [0, 0.05) is 11.6 Å². The molecule has 0 unspecified atom stereocenters. The Morgan fingerprint density at radius 2 is 1.81 bits per heavy atom. The molecule has 0 saturated carbocycles. The smallest absolute Gasteiger partial charge is 0.257 e. The number of aromatic nitrogens is 1. The fourth-order valence-corrected chi connectivity index (χ4v) is 4.35. The van der Waals surface area contributed by atoms with Gasteiger partial charge in [-0.15, -0.1) is 0 Å². The summed E-state index contributed by atoms with van der Waals surface area (Å²) >= 11 is 0. The van der Waals surface area contributed by atoms with Crippen LogP contribution in [-0.2, 0) is 13.5 Å². The molecule has 0 aliphatic carbocycles. The van der Waals surface area contributed by atoms with Crippen LogP contribution in [0.2, 0.25) is 0 Å². The summed E-state index contributed by atoms with van der Waals surface area (Å²) in [6, 6.07) is 12.8. The fraction of sp³-hybridized carbons (Fsp3) is 0.292. The average Bonchev–Trinajstić information content (AvgIpc) is 3.04. The first-order chi connectivity index (χ1) is 12.8. The number of fused-ring (bicyclic) bond motifs is 3. The lowest BCUT2D eigenvalue weighted by Crippen LogP contribution is -2.34. The predicted molar refractivity (Wildman–Crippen MR) is 108 cm³/mol. The van der Waals surface area contributed by atoms with Crippen molar-refractivity contribution in [1.82, 2.24) is 0 Å². The highest BCUT2D eigenvalue weighted by Gasteiger charge is 2.35. The second-order valence-corrected chi connectivity index (χ2v) is 8.80. The van der Waals surface area contributed by atoms with Gasteiger partial charge >= 0.3 is 0 Å². The highest BCUT2D eigenvalue weighted by atomic mass is 16.5. The largest absolute Gasteiger partial charge is 0.460 e. The zero-order valence-corrected chi connectivity index (χ0v) is 16.5. The van der Waals surface area contributed by atoms with E-state index < -0.39 is 0 Å². The number of rotatable bonds is 1. The summed E-state index contributed by atoms with van der Waals surface area (Å²) in [5, 5.41) is 2.33. The predicted octanol–water partition coefficient (Wildman–Crippen LogP) is 6.08. The summed E-state index contributed by atoms with van der Waals surface area (Å²) < 4.78 is 14.6. The lowest BCUT2D eigenvalue weighted by molar-refractivity contribution is -0.633. The summed E-state index contributed by atoms with van der Waals surface area (Å²) in [6.45, 7) is 9.00. The highest BCUT2D eigenvalue weighted by Crippen LogP contribution is 2.50. The minimum absolute atomic E-state index is 0.150. The van der Waals surface area contributed by atoms with Crippen LogP contribution in [0.25, 0.3) is 33.1 Å². The molecule has 0 atom stereocenters. The number of ether oxygens (including phenoxy) is 1. The second-order valence-electron chi connectivity index (χ2n) is 8.80. The van der Waals surface area contributed by atoms with Gasteiger partial charge < -0.3 is 9.15 Å². The van der Waals surface area contributed by atoms with Gasteiger partial charge in [-0.3, -0.25) is 0 Å². The van der Waals surface area contributed by atoms with E-state index in [9.17, 15) is 0 Å². The quantitative estimate of drug-likeness (QED) is 0.339. The van der Waals surface area contributed by atoms with Crippen LogP contribution in [0.5, 0.6) is 11.5 Å². The van der Waals surface area contributed by atoms with Crippen molar-refractivity contribution >= 4 is 21.9 Å². The van der Waals surface area contributed by atoms with Crippen molar-refractivity contribution in [2.45, 2.75) is 34.1 Å². The molecule has 1 aliphatic heterocycles. The maximum absolute atomic E-state index is 6.50. The first kappa shape index (κ1) is 16.4. The van der Waals surface area contributed by atoms with Crippen LogP contribution in [0.15, 0.2) is 47.1 Å². The van der Waals surface area contributed by atoms with Crippen molar-refractivity contribution in [3.63, 3.8) is 0 Å². The number of hydrogen-bond acceptors (Lipinski definition) is 2. The first-order valence-corrected chi connectivity index (χ1v) is 9.48.